The lowest BCUT2D eigenvalue weighted by Crippen LogP contribution is -2.05. The van der Waals surface area contributed by atoms with E-state index in [-0.39, 0.29) is 28.1 Å². The van der Waals surface area contributed by atoms with Crippen molar-refractivity contribution in [1.29, 1.82) is 0 Å². The second kappa shape index (κ2) is 7.23. The summed E-state index contributed by atoms with van der Waals surface area (Å²) in [4.78, 5) is -1.15. The van der Waals surface area contributed by atoms with E-state index in [4.69, 9.17) is 4.52 Å². The lowest BCUT2D eigenvalue weighted by Gasteiger charge is -2.10. The molecule has 154 valence electrons. The van der Waals surface area contributed by atoms with E-state index >= 15 is 0 Å². The molecule has 2 aromatic carbocycles. The summed E-state index contributed by atoms with van der Waals surface area (Å²) < 4.78 is 95.6. The molecule has 1 N–H and O–H groups in total. The zero-order valence-corrected chi connectivity index (χ0v) is 15.4. The van der Waals surface area contributed by atoms with E-state index in [0.29, 0.717) is 18.4 Å². The van der Waals surface area contributed by atoms with Crippen molar-refractivity contribution < 1.29 is 40.0 Å². The Labute approximate surface area is 161 Å². The van der Waals surface area contributed by atoms with Crippen LogP contribution in [0.15, 0.2) is 45.8 Å². The number of benzene rings is 2. The first kappa shape index (κ1) is 20.9. The average Bonchev–Trinajstić information content (AvgIpc) is 3.03. The fourth-order valence-corrected chi connectivity index (χ4v) is 3.65. The van der Waals surface area contributed by atoms with Crippen LogP contribution in [0.25, 0.3) is 22.4 Å². The molecule has 0 atom stereocenters. The second-order valence-electron chi connectivity index (χ2n) is 6.11. The summed E-state index contributed by atoms with van der Waals surface area (Å²) in [6.45, 7) is -0.766. The first-order valence-electron chi connectivity index (χ1n) is 7.90. The number of rotatable bonds is 4. The topological polar surface area (TPSA) is 80.4 Å². The molecule has 1 heterocycles. The van der Waals surface area contributed by atoms with E-state index < -0.39 is 44.7 Å². The van der Waals surface area contributed by atoms with Crippen LogP contribution in [-0.4, -0.2) is 24.9 Å². The number of aliphatic hydroxyl groups excluding tert-OH is 1. The third-order valence-corrected chi connectivity index (χ3v) is 5.16. The SMILES string of the molecule is CS(=O)(=O)c1c(F)cc(-c2c(-c3cccc(C(F)(F)F)c3)noc2CO)cc1F. The quantitative estimate of drug-likeness (QED) is 0.624. The third-order valence-electron chi connectivity index (χ3n) is 4.03. The predicted molar refractivity (Wildman–Crippen MR) is 91.3 cm³/mol. The zero-order chi connectivity index (χ0) is 21.6. The van der Waals surface area contributed by atoms with Crippen molar-refractivity contribution in [3.05, 3.63) is 59.4 Å². The van der Waals surface area contributed by atoms with Gasteiger partial charge in [-0.25, -0.2) is 17.2 Å². The maximum atomic E-state index is 14.3. The summed E-state index contributed by atoms with van der Waals surface area (Å²) in [6, 6.07) is 5.35. The predicted octanol–water partition coefficient (Wildman–Crippen LogP) is 4.20. The molecule has 1 aromatic heterocycles. The minimum absolute atomic E-state index is 0.0775. The fraction of sp³-hybridized carbons (Fsp3) is 0.167. The van der Waals surface area contributed by atoms with Crippen molar-refractivity contribution in [3.63, 3.8) is 0 Å². The average molecular weight is 433 g/mol. The van der Waals surface area contributed by atoms with Gasteiger partial charge in [-0.15, -0.1) is 0 Å². The Bertz CT molecular complexity index is 1160. The first-order valence-corrected chi connectivity index (χ1v) is 9.79. The summed E-state index contributed by atoms with van der Waals surface area (Å²) in [7, 11) is -4.21. The second-order valence-corrected chi connectivity index (χ2v) is 8.06. The molecule has 0 saturated carbocycles. The van der Waals surface area contributed by atoms with Gasteiger partial charge in [0.2, 0.25) is 0 Å². The number of sulfone groups is 1. The molecule has 29 heavy (non-hydrogen) atoms. The maximum Gasteiger partial charge on any atom is 0.416 e. The van der Waals surface area contributed by atoms with Crippen molar-refractivity contribution in [2.45, 2.75) is 17.7 Å². The van der Waals surface area contributed by atoms with Crippen LogP contribution < -0.4 is 0 Å². The van der Waals surface area contributed by atoms with Crippen molar-refractivity contribution in [2.24, 2.45) is 0 Å². The molecule has 0 saturated heterocycles. The van der Waals surface area contributed by atoms with Crippen LogP contribution in [0.1, 0.15) is 11.3 Å². The van der Waals surface area contributed by atoms with Crippen LogP contribution in [0.3, 0.4) is 0 Å². The van der Waals surface area contributed by atoms with E-state index in [1.807, 2.05) is 0 Å². The van der Waals surface area contributed by atoms with Crippen LogP contribution in [-0.2, 0) is 22.6 Å². The smallest absolute Gasteiger partial charge is 0.388 e. The van der Waals surface area contributed by atoms with E-state index in [9.17, 15) is 35.5 Å². The Hall–Kier alpha value is -2.79. The minimum Gasteiger partial charge on any atom is -0.388 e. The van der Waals surface area contributed by atoms with Gasteiger partial charge in [0.25, 0.3) is 0 Å². The molecule has 0 spiro atoms. The highest BCUT2D eigenvalue weighted by Gasteiger charge is 2.31. The highest BCUT2D eigenvalue weighted by molar-refractivity contribution is 7.90. The Morgan fingerprint density at radius 1 is 1.07 bits per heavy atom. The molecule has 3 rings (SSSR count). The summed E-state index contributed by atoms with van der Waals surface area (Å²) >= 11 is 0. The van der Waals surface area contributed by atoms with Crippen LogP contribution >= 0.6 is 0 Å². The lowest BCUT2D eigenvalue weighted by molar-refractivity contribution is -0.137. The van der Waals surface area contributed by atoms with E-state index in [2.05, 4.69) is 5.16 Å². The number of halogens is 5. The van der Waals surface area contributed by atoms with Gasteiger partial charge in [0.15, 0.2) is 15.6 Å². The monoisotopic (exact) mass is 433 g/mol. The highest BCUT2D eigenvalue weighted by atomic mass is 32.2. The summed E-state index contributed by atoms with van der Waals surface area (Å²) in [5.74, 6) is -3.06. The Kier molecular flexibility index (Phi) is 5.22. The number of hydrogen-bond donors (Lipinski definition) is 1. The van der Waals surface area contributed by atoms with E-state index in [0.717, 1.165) is 18.2 Å². The normalized spacial score (nSPS) is 12.4. The minimum atomic E-state index is -4.64. The largest absolute Gasteiger partial charge is 0.416 e. The Morgan fingerprint density at radius 3 is 2.21 bits per heavy atom. The molecule has 0 aliphatic rings. The lowest BCUT2D eigenvalue weighted by atomic mass is 9.98. The van der Waals surface area contributed by atoms with Gasteiger partial charge >= 0.3 is 6.18 Å². The number of aliphatic hydroxyl groups is 1. The summed E-state index contributed by atoms with van der Waals surface area (Å²) in [6.07, 6.45) is -4.02. The van der Waals surface area contributed by atoms with Gasteiger partial charge in [-0.1, -0.05) is 17.3 Å². The standard InChI is InChI=1S/C18H12F5NO4S/c1-29(26,27)17-12(19)6-10(7-13(17)20)15-14(8-25)28-24-16(15)9-3-2-4-11(5-9)18(21,22)23/h2-7,25H,8H2,1H3. The number of nitrogens with zero attached hydrogens (tertiary/aromatic N) is 1. The van der Waals surface area contributed by atoms with Crippen LogP contribution in [0.2, 0.25) is 0 Å². The van der Waals surface area contributed by atoms with Gasteiger partial charge in [-0.3, -0.25) is 0 Å². The molecule has 0 radical (unpaired) electrons. The fourth-order valence-electron chi connectivity index (χ4n) is 2.83. The van der Waals surface area contributed by atoms with Crippen LogP contribution in [0.5, 0.6) is 0 Å². The third kappa shape index (κ3) is 4.01. The molecular weight excluding hydrogens is 421 g/mol. The summed E-state index contributed by atoms with van der Waals surface area (Å²) in [5.41, 5.74) is -1.69. The van der Waals surface area contributed by atoms with Crippen molar-refractivity contribution >= 4 is 9.84 Å². The van der Waals surface area contributed by atoms with Crippen molar-refractivity contribution in [3.8, 4) is 22.4 Å². The van der Waals surface area contributed by atoms with E-state index in [1.54, 1.807) is 0 Å². The van der Waals surface area contributed by atoms with Gasteiger partial charge in [0, 0.05) is 11.8 Å². The molecule has 0 aliphatic heterocycles. The zero-order valence-electron chi connectivity index (χ0n) is 14.6. The molecule has 3 aromatic rings. The van der Waals surface area contributed by atoms with Crippen LogP contribution in [0, 0.1) is 11.6 Å². The van der Waals surface area contributed by atoms with Gasteiger partial charge in [0.05, 0.1) is 11.1 Å². The molecule has 0 unspecified atom stereocenters. The molecule has 0 amide bonds. The van der Waals surface area contributed by atoms with Gasteiger partial charge in [-0.2, -0.15) is 13.2 Å². The van der Waals surface area contributed by atoms with Gasteiger partial charge in [-0.05, 0) is 29.8 Å². The number of hydrogen-bond acceptors (Lipinski definition) is 5. The van der Waals surface area contributed by atoms with Crippen LogP contribution in [0.4, 0.5) is 22.0 Å². The van der Waals surface area contributed by atoms with Gasteiger partial charge < -0.3 is 9.63 Å². The molecule has 0 fully saturated rings. The Morgan fingerprint density at radius 2 is 1.69 bits per heavy atom. The summed E-state index contributed by atoms with van der Waals surface area (Å²) in [5, 5.41) is 13.1. The highest BCUT2D eigenvalue weighted by Crippen LogP contribution is 2.38. The molecule has 0 aliphatic carbocycles. The van der Waals surface area contributed by atoms with Crippen molar-refractivity contribution in [2.75, 3.05) is 6.26 Å². The molecular formula is C18H12F5NO4S. The van der Waals surface area contributed by atoms with E-state index in [1.165, 1.54) is 6.07 Å². The number of alkyl halides is 3. The van der Waals surface area contributed by atoms with Crippen molar-refractivity contribution in [1.82, 2.24) is 5.16 Å². The maximum absolute atomic E-state index is 14.3. The Balaban J connectivity index is 2.24. The van der Waals surface area contributed by atoms with Gasteiger partial charge in [0.1, 0.15) is 28.8 Å². The molecule has 11 heteroatoms. The number of aromatic nitrogens is 1. The molecule has 5 nitrogen and oxygen atoms in total. The first-order chi connectivity index (χ1) is 13.4. The molecule has 0 bridgehead atoms.